The number of hydrogen-bond donors (Lipinski definition) is 1. The minimum Gasteiger partial charge on any atom is -0.477 e. The molecule has 2 aromatic heterocycles. The Balaban J connectivity index is 2.02. The fraction of sp³-hybridized carbons (Fsp3) is 0.455. The summed E-state index contributed by atoms with van der Waals surface area (Å²) in [5.41, 5.74) is 0.538. The highest BCUT2D eigenvalue weighted by molar-refractivity contribution is 8.00. The molecule has 0 radical (unpaired) electrons. The topological polar surface area (TPSA) is 89.1 Å². The standard InChI is InChI=1S/C11H13N3O3S2/c1-5(2)9-13-7(14-17-9)4-18-11-12-6(3)8(19-11)10(15)16/h5H,4H2,1-3H3,(H,15,16). The van der Waals surface area contributed by atoms with Crippen molar-refractivity contribution >= 4 is 29.1 Å². The molecule has 1 N–H and O–H groups in total. The monoisotopic (exact) mass is 299 g/mol. The van der Waals surface area contributed by atoms with Crippen LogP contribution in [0.15, 0.2) is 8.86 Å². The van der Waals surface area contributed by atoms with Crippen molar-refractivity contribution in [1.82, 2.24) is 15.1 Å². The van der Waals surface area contributed by atoms with Crippen molar-refractivity contribution in [2.45, 2.75) is 36.8 Å². The minimum atomic E-state index is -0.941. The van der Waals surface area contributed by atoms with Crippen LogP contribution in [0.3, 0.4) is 0 Å². The van der Waals surface area contributed by atoms with Crippen molar-refractivity contribution in [2.75, 3.05) is 0 Å². The van der Waals surface area contributed by atoms with Crippen molar-refractivity contribution in [3.05, 3.63) is 22.3 Å². The van der Waals surface area contributed by atoms with Gasteiger partial charge in [0, 0.05) is 5.92 Å². The number of aromatic carboxylic acids is 1. The van der Waals surface area contributed by atoms with Crippen LogP contribution >= 0.6 is 23.1 Å². The van der Waals surface area contributed by atoms with Gasteiger partial charge in [0.25, 0.3) is 0 Å². The predicted molar refractivity (Wildman–Crippen MR) is 71.8 cm³/mol. The number of aryl methyl sites for hydroxylation is 1. The van der Waals surface area contributed by atoms with Gasteiger partial charge in [0.1, 0.15) is 4.88 Å². The second-order valence-electron chi connectivity index (χ2n) is 4.19. The van der Waals surface area contributed by atoms with Gasteiger partial charge in [0.05, 0.1) is 11.4 Å². The lowest BCUT2D eigenvalue weighted by Crippen LogP contribution is -1.94. The molecule has 0 saturated heterocycles. The van der Waals surface area contributed by atoms with E-state index in [9.17, 15) is 4.79 Å². The van der Waals surface area contributed by atoms with E-state index in [0.29, 0.717) is 27.5 Å². The van der Waals surface area contributed by atoms with Crippen LogP contribution in [-0.2, 0) is 5.75 Å². The first-order chi connectivity index (χ1) is 8.97. The first-order valence-electron chi connectivity index (χ1n) is 5.63. The van der Waals surface area contributed by atoms with Crippen LogP contribution in [0.25, 0.3) is 0 Å². The summed E-state index contributed by atoms with van der Waals surface area (Å²) in [5.74, 6) is 0.980. The Morgan fingerprint density at radius 2 is 2.21 bits per heavy atom. The number of carboxylic acid groups (broad SMARTS) is 1. The summed E-state index contributed by atoms with van der Waals surface area (Å²) in [4.78, 5) is 19.6. The van der Waals surface area contributed by atoms with E-state index in [2.05, 4.69) is 15.1 Å². The molecule has 0 aliphatic carbocycles. The summed E-state index contributed by atoms with van der Waals surface area (Å²) in [6.07, 6.45) is 0. The van der Waals surface area contributed by atoms with Crippen molar-refractivity contribution in [1.29, 1.82) is 0 Å². The van der Waals surface area contributed by atoms with E-state index >= 15 is 0 Å². The molecule has 0 aromatic carbocycles. The Morgan fingerprint density at radius 1 is 1.47 bits per heavy atom. The lowest BCUT2D eigenvalue weighted by atomic mass is 10.2. The van der Waals surface area contributed by atoms with E-state index < -0.39 is 5.97 Å². The highest BCUT2D eigenvalue weighted by Gasteiger charge is 2.15. The van der Waals surface area contributed by atoms with Crippen LogP contribution in [0.5, 0.6) is 0 Å². The summed E-state index contributed by atoms with van der Waals surface area (Å²) in [7, 11) is 0. The van der Waals surface area contributed by atoms with Gasteiger partial charge in [0.2, 0.25) is 5.89 Å². The van der Waals surface area contributed by atoms with Crippen molar-refractivity contribution in [3.8, 4) is 0 Å². The molecule has 0 atom stereocenters. The largest absolute Gasteiger partial charge is 0.477 e. The summed E-state index contributed by atoms with van der Waals surface area (Å²) in [6.45, 7) is 5.65. The lowest BCUT2D eigenvalue weighted by molar-refractivity contribution is 0.0701. The van der Waals surface area contributed by atoms with Gasteiger partial charge >= 0.3 is 5.97 Å². The molecular weight excluding hydrogens is 286 g/mol. The predicted octanol–water partition coefficient (Wildman–Crippen LogP) is 2.95. The molecule has 0 bridgehead atoms. The van der Waals surface area contributed by atoms with Crippen LogP contribution in [0, 0.1) is 6.92 Å². The molecule has 0 aliphatic heterocycles. The molecule has 102 valence electrons. The molecule has 0 unspecified atom stereocenters. The van der Waals surface area contributed by atoms with E-state index in [1.54, 1.807) is 6.92 Å². The SMILES string of the molecule is Cc1nc(SCc2noc(C(C)C)n2)sc1C(=O)O. The molecule has 2 aromatic rings. The lowest BCUT2D eigenvalue weighted by Gasteiger charge is -1.92. The van der Waals surface area contributed by atoms with Gasteiger partial charge in [-0.05, 0) is 6.92 Å². The van der Waals surface area contributed by atoms with Gasteiger partial charge in [-0.25, -0.2) is 9.78 Å². The Kier molecular flexibility index (Phi) is 4.20. The first kappa shape index (κ1) is 14.0. The van der Waals surface area contributed by atoms with Gasteiger partial charge in [-0.1, -0.05) is 30.8 Å². The average molecular weight is 299 g/mol. The van der Waals surface area contributed by atoms with Crippen LogP contribution in [0.4, 0.5) is 0 Å². The zero-order chi connectivity index (χ0) is 14.0. The van der Waals surface area contributed by atoms with Crippen LogP contribution in [0.2, 0.25) is 0 Å². The van der Waals surface area contributed by atoms with Crippen LogP contribution < -0.4 is 0 Å². The molecule has 0 aliphatic rings. The summed E-state index contributed by atoms with van der Waals surface area (Å²) in [6, 6.07) is 0. The average Bonchev–Trinajstić information content (AvgIpc) is 2.92. The fourth-order valence-electron chi connectivity index (χ4n) is 1.32. The second kappa shape index (κ2) is 5.70. The normalized spacial score (nSPS) is 11.2. The fourth-order valence-corrected chi connectivity index (χ4v) is 3.19. The minimum absolute atomic E-state index is 0.201. The number of thiazole rings is 1. The number of carbonyl (C=O) groups is 1. The zero-order valence-electron chi connectivity index (χ0n) is 10.7. The Labute approximate surface area is 118 Å². The van der Waals surface area contributed by atoms with Crippen molar-refractivity contribution < 1.29 is 14.4 Å². The first-order valence-corrected chi connectivity index (χ1v) is 7.43. The number of hydrogen-bond acceptors (Lipinski definition) is 7. The van der Waals surface area contributed by atoms with E-state index in [1.165, 1.54) is 23.1 Å². The number of thioether (sulfide) groups is 1. The zero-order valence-corrected chi connectivity index (χ0v) is 12.3. The molecule has 6 nitrogen and oxygen atoms in total. The Hall–Kier alpha value is -1.41. The van der Waals surface area contributed by atoms with E-state index in [-0.39, 0.29) is 10.8 Å². The third-order valence-corrected chi connectivity index (χ3v) is 4.56. The summed E-state index contributed by atoms with van der Waals surface area (Å²) in [5, 5.41) is 12.8. The molecule has 8 heteroatoms. The maximum atomic E-state index is 10.9. The maximum Gasteiger partial charge on any atom is 0.347 e. The molecule has 2 heterocycles. The number of nitrogens with zero attached hydrogens (tertiary/aromatic N) is 3. The third kappa shape index (κ3) is 3.32. The van der Waals surface area contributed by atoms with Crippen LogP contribution in [-0.4, -0.2) is 26.2 Å². The van der Waals surface area contributed by atoms with Gasteiger partial charge < -0.3 is 9.63 Å². The Morgan fingerprint density at radius 3 is 2.74 bits per heavy atom. The van der Waals surface area contributed by atoms with E-state index in [1.807, 2.05) is 13.8 Å². The smallest absolute Gasteiger partial charge is 0.347 e. The molecule has 19 heavy (non-hydrogen) atoms. The second-order valence-corrected chi connectivity index (χ2v) is 6.41. The number of rotatable bonds is 5. The molecule has 0 saturated carbocycles. The molecular formula is C11H13N3O3S2. The van der Waals surface area contributed by atoms with E-state index in [4.69, 9.17) is 9.63 Å². The van der Waals surface area contributed by atoms with E-state index in [0.717, 1.165) is 0 Å². The summed E-state index contributed by atoms with van der Waals surface area (Å²) >= 11 is 2.58. The quantitative estimate of drug-likeness (QED) is 0.849. The van der Waals surface area contributed by atoms with Gasteiger partial charge in [-0.3, -0.25) is 0 Å². The van der Waals surface area contributed by atoms with Gasteiger partial charge in [-0.15, -0.1) is 11.3 Å². The molecule has 2 rings (SSSR count). The van der Waals surface area contributed by atoms with Crippen molar-refractivity contribution in [3.63, 3.8) is 0 Å². The van der Waals surface area contributed by atoms with Crippen molar-refractivity contribution in [2.24, 2.45) is 0 Å². The van der Waals surface area contributed by atoms with Gasteiger partial charge in [-0.2, -0.15) is 4.98 Å². The molecule has 0 fully saturated rings. The highest BCUT2D eigenvalue weighted by atomic mass is 32.2. The number of carboxylic acids is 1. The summed E-state index contributed by atoms with van der Waals surface area (Å²) < 4.78 is 5.80. The molecule has 0 spiro atoms. The highest BCUT2D eigenvalue weighted by Crippen LogP contribution is 2.29. The Bertz CT molecular complexity index is 592. The van der Waals surface area contributed by atoms with Crippen LogP contribution in [0.1, 0.15) is 46.8 Å². The molecule has 0 amide bonds. The number of aromatic nitrogens is 3. The van der Waals surface area contributed by atoms with Gasteiger partial charge in [0.15, 0.2) is 10.2 Å². The maximum absolute atomic E-state index is 10.9. The third-order valence-electron chi connectivity index (χ3n) is 2.27.